The van der Waals surface area contributed by atoms with Gasteiger partial charge in [0.05, 0.1) is 28.0 Å². The summed E-state index contributed by atoms with van der Waals surface area (Å²) in [6.45, 7) is 1.18. The molecule has 2 aliphatic heterocycles. The van der Waals surface area contributed by atoms with Gasteiger partial charge in [0, 0.05) is 18.7 Å². The molecule has 1 atom stereocenters. The second-order valence-electron chi connectivity index (χ2n) is 6.40. The van der Waals surface area contributed by atoms with E-state index >= 15 is 0 Å². The van der Waals surface area contributed by atoms with Gasteiger partial charge in [-0.25, -0.2) is 0 Å². The third kappa shape index (κ3) is 3.73. The van der Waals surface area contributed by atoms with Crippen LogP contribution in [0.5, 0.6) is 0 Å². The molecule has 2 fully saturated rings. The molecule has 0 aliphatic carbocycles. The maximum atomic E-state index is 12.7. The second kappa shape index (κ2) is 7.86. The predicted octanol–water partition coefficient (Wildman–Crippen LogP) is 4.24. The molecule has 144 valence electrons. The highest BCUT2D eigenvalue weighted by atomic mass is 32.2. The normalized spacial score (nSPS) is 21.1. The van der Waals surface area contributed by atoms with Crippen LogP contribution >= 0.6 is 24.0 Å². The minimum Gasteiger partial charge on any atom is -0.456 e. The van der Waals surface area contributed by atoms with Crippen molar-refractivity contribution in [1.82, 2.24) is 4.90 Å². The monoisotopic (exact) mass is 416 g/mol. The molecule has 0 saturated carbocycles. The molecule has 1 amide bonds. The average Bonchev–Trinajstić information content (AvgIpc) is 3.41. The van der Waals surface area contributed by atoms with Crippen LogP contribution < -0.4 is 0 Å². The molecule has 0 N–H and O–H groups in total. The number of ether oxygens (including phenoxy) is 1. The summed E-state index contributed by atoms with van der Waals surface area (Å²) in [5.74, 6) is 0.633. The fourth-order valence-corrected chi connectivity index (χ4v) is 4.45. The molecular weight excluding hydrogens is 400 g/mol. The van der Waals surface area contributed by atoms with Crippen molar-refractivity contribution in [3.05, 3.63) is 57.2 Å². The molecule has 28 heavy (non-hydrogen) atoms. The van der Waals surface area contributed by atoms with E-state index in [0.29, 0.717) is 32.9 Å². The number of nitrogens with zero attached hydrogens (tertiary/aromatic N) is 2. The molecule has 1 aromatic carbocycles. The molecule has 4 rings (SSSR count). The zero-order valence-electron chi connectivity index (χ0n) is 14.7. The van der Waals surface area contributed by atoms with E-state index in [0.717, 1.165) is 19.4 Å². The Morgan fingerprint density at radius 2 is 2.14 bits per heavy atom. The molecule has 1 aromatic heterocycles. The van der Waals surface area contributed by atoms with E-state index in [9.17, 15) is 14.9 Å². The molecule has 2 saturated heterocycles. The number of nitro benzene ring substituents is 1. The van der Waals surface area contributed by atoms with Crippen LogP contribution in [-0.2, 0) is 9.53 Å². The maximum absolute atomic E-state index is 12.7. The van der Waals surface area contributed by atoms with Crippen LogP contribution in [0.25, 0.3) is 17.4 Å². The number of hydrogen-bond donors (Lipinski definition) is 0. The first-order valence-electron chi connectivity index (χ1n) is 8.73. The van der Waals surface area contributed by atoms with Gasteiger partial charge in [-0.15, -0.1) is 0 Å². The number of carbonyl (C=O) groups is 1. The van der Waals surface area contributed by atoms with Crippen molar-refractivity contribution in [3.63, 3.8) is 0 Å². The number of para-hydroxylation sites is 1. The number of thiocarbonyl (C=S) groups is 1. The lowest BCUT2D eigenvalue weighted by Gasteiger charge is -2.18. The smallest absolute Gasteiger partial charge is 0.280 e. The molecule has 0 unspecified atom stereocenters. The second-order valence-corrected chi connectivity index (χ2v) is 8.08. The highest BCUT2D eigenvalue weighted by Gasteiger charge is 2.34. The number of furan rings is 1. The number of nitro groups is 1. The molecule has 2 aromatic rings. The average molecular weight is 416 g/mol. The molecule has 3 heterocycles. The van der Waals surface area contributed by atoms with Gasteiger partial charge in [0.2, 0.25) is 0 Å². The number of thioether (sulfide) groups is 1. The van der Waals surface area contributed by atoms with Crippen LogP contribution in [0.2, 0.25) is 0 Å². The van der Waals surface area contributed by atoms with E-state index in [1.807, 2.05) is 0 Å². The molecule has 0 bridgehead atoms. The van der Waals surface area contributed by atoms with Crippen LogP contribution in [0.1, 0.15) is 18.6 Å². The zero-order valence-corrected chi connectivity index (χ0v) is 16.3. The number of hydrogen-bond acceptors (Lipinski definition) is 7. The van der Waals surface area contributed by atoms with Crippen molar-refractivity contribution in [2.45, 2.75) is 18.9 Å². The third-order valence-electron chi connectivity index (χ3n) is 4.55. The molecule has 0 radical (unpaired) electrons. The van der Waals surface area contributed by atoms with E-state index in [1.54, 1.807) is 41.3 Å². The first-order valence-corrected chi connectivity index (χ1v) is 9.96. The first-order chi connectivity index (χ1) is 13.5. The Morgan fingerprint density at radius 3 is 2.89 bits per heavy atom. The summed E-state index contributed by atoms with van der Waals surface area (Å²) in [4.78, 5) is 25.5. The molecular formula is C19H16N2O5S2. The van der Waals surface area contributed by atoms with Crippen LogP contribution in [0, 0.1) is 10.1 Å². The summed E-state index contributed by atoms with van der Waals surface area (Å²) in [7, 11) is 0. The van der Waals surface area contributed by atoms with E-state index in [4.69, 9.17) is 21.4 Å². The topological polar surface area (TPSA) is 85.8 Å². The predicted molar refractivity (Wildman–Crippen MR) is 110 cm³/mol. The Balaban J connectivity index is 1.55. The lowest BCUT2D eigenvalue weighted by Crippen LogP contribution is -2.35. The number of benzene rings is 1. The molecule has 9 heteroatoms. The van der Waals surface area contributed by atoms with Crippen molar-refractivity contribution in [2.24, 2.45) is 0 Å². The van der Waals surface area contributed by atoms with Crippen LogP contribution in [0.15, 0.2) is 45.7 Å². The number of rotatable bonds is 5. The van der Waals surface area contributed by atoms with Crippen molar-refractivity contribution < 1.29 is 18.9 Å². The van der Waals surface area contributed by atoms with Gasteiger partial charge in [-0.3, -0.25) is 19.8 Å². The van der Waals surface area contributed by atoms with Crippen molar-refractivity contribution in [1.29, 1.82) is 0 Å². The molecule has 7 nitrogen and oxygen atoms in total. The van der Waals surface area contributed by atoms with Gasteiger partial charge in [-0.2, -0.15) is 0 Å². The molecule has 2 aliphatic rings. The van der Waals surface area contributed by atoms with Gasteiger partial charge in [-0.1, -0.05) is 36.1 Å². The Hall–Kier alpha value is -2.49. The maximum Gasteiger partial charge on any atom is 0.280 e. The summed E-state index contributed by atoms with van der Waals surface area (Å²) >= 11 is 6.56. The third-order valence-corrected chi connectivity index (χ3v) is 5.93. The lowest BCUT2D eigenvalue weighted by molar-refractivity contribution is -0.384. The zero-order chi connectivity index (χ0) is 19.7. The van der Waals surface area contributed by atoms with Gasteiger partial charge in [-0.05, 0) is 31.0 Å². The summed E-state index contributed by atoms with van der Waals surface area (Å²) in [6, 6.07) is 9.70. The van der Waals surface area contributed by atoms with E-state index in [1.165, 1.54) is 17.8 Å². The SMILES string of the molecule is O=C1/C(=C\c2ccc(-c3ccccc3[N+](=O)[O-])o2)SC(=S)N1C[C@@H]1CCCO1. The van der Waals surface area contributed by atoms with Gasteiger partial charge in [0.25, 0.3) is 11.6 Å². The standard InChI is InChI=1S/C19H16N2O5S2/c22-18-17(28-19(27)20(18)11-13-4-3-9-25-13)10-12-7-8-16(26-12)14-5-1-2-6-15(14)21(23)24/h1-2,5-8,10,13H,3-4,9,11H2/b17-10+/t13-/m0/s1. The van der Waals surface area contributed by atoms with Gasteiger partial charge < -0.3 is 9.15 Å². The molecule has 0 spiro atoms. The summed E-state index contributed by atoms with van der Waals surface area (Å²) in [5, 5.41) is 11.2. The highest BCUT2D eigenvalue weighted by molar-refractivity contribution is 8.26. The fourth-order valence-electron chi connectivity index (χ4n) is 3.19. The van der Waals surface area contributed by atoms with Gasteiger partial charge in [0.1, 0.15) is 15.8 Å². The van der Waals surface area contributed by atoms with Crippen molar-refractivity contribution in [3.8, 4) is 11.3 Å². The summed E-state index contributed by atoms with van der Waals surface area (Å²) in [5.41, 5.74) is 0.351. The number of amides is 1. The van der Waals surface area contributed by atoms with E-state index < -0.39 is 4.92 Å². The Bertz CT molecular complexity index is 978. The van der Waals surface area contributed by atoms with E-state index in [2.05, 4.69) is 0 Å². The Labute approximate surface area is 170 Å². The first kappa shape index (κ1) is 18.9. The lowest BCUT2D eigenvalue weighted by atomic mass is 10.1. The summed E-state index contributed by atoms with van der Waals surface area (Å²) in [6.07, 6.45) is 3.56. The van der Waals surface area contributed by atoms with Crippen LogP contribution in [0.4, 0.5) is 5.69 Å². The van der Waals surface area contributed by atoms with Gasteiger partial charge in [0.15, 0.2) is 0 Å². The Morgan fingerprint density at radius 1 is 1.32 bits per heavy atom. The quantitative estimate of drug-likeness (QED) is 0.312. The minimum absolute atomic E-state index is 0.0238. The largest absolute Gasteiger partial charge is 0.456 e. The van der Waals surface area contributed by atoms with Crippen LogP contribution in [-0.4, -0.2) is 39.3 Å². The van der Waals surface area contributed by atoms with Crippen molar-refractivity contribution in [2.75, 3.05) is 13.2 Å². The van der Waals surface area contributed by atoms with Gasteiger partial charge >= 0.3 is 0 Å². The summed E-state index contributed by atoms with van der Waals surface area (Å²) < 4.78 is 11.8. The highest BCUT2D eigenvalue weighted by Crippen LogP contribution is 2.35. The Kier molecular flexibility index (Phi) is 5.29. The van der Waals surface area contributed by atoms with Crippen molar-refractivity contribution >= 4 is 46.0 Å². The van der Waals surface area contributed by atoms with E-state index in [-0.39, 0.29) is 17.7 Å². The fraction of sp³-hybridized carbons (Fsp3) is 0.263. The van der Waals surface area contributed by atoms with Crippen LogP contribution in [0.3, 0.4) is 0 Å². The minimum atomic E-state index is -0.451. The number of carbonyl (C=O) groups excluding carboxylic acids is 1.